The zero-order valence-electron chi connectivity index (χ0n) is 41.3. The smallest absolute Gasteiger partial charge is 0.344 e. The van der Waals surface area contributed by atoms with Gasteiger partial charge in [0, 0.05) is 33.5 Å². The molecular formula is C51H74N4O13. The van der Waals surface area contributed by atoms with E-state index in [-0.39, 0.29) is 44.6 Å². The van der Waals surface area contributed by atoms with Crippen molar-refractivity contribution in [1.29, 1.82) is 0 Å². The van der Waals surface area contributed by atoms with Crippen molar-refractivity contribution < 1.29 is 62.4 Å². The van der Waals surface area contributed by atoms with Gasteiger partial charge in [0.15, 0.2) is 24.4 Å². The second-order valence-electron chi connectivity index (χ2n) is 18.0. The van der Waals surface area contributed by atoms with Crippen LogP contribution in [0.5, 0.6) is 0 Å². The molecule has 1 aliphatic heterocycles. The Morgan fingerprint density at radius 3 is 1.75 bits per heavy atom. The second kappa shape index (κ2) is 28.5. The Labute approximate surface area is 401 Å². The van der Waals surface area contributed by atoms with E-state index in [2.05, 4.69) is 5.32 Å². The minimum Gasteiger partial charge on any atom is -0.479 e. The highest BCUT2D eigenvalue weighted by atomic mass is 16.6. The average Bonchev–Trinajstić information content (AvgIpc) is 3.32. The number of hydrogen-bond acceptors (Lipinski definition) is 13. The quantitative estimate of drug-likeness (QED) is 0.0860. The summed E-state index contributed by atoms with van der Waals surface area (Å²) in [6.45, 7) is 10.4. The summed E-state index contributed by atoms with van der Waals surface area (Å²) in [5.74, 6) is -6.82. The van der Waals surface area contributed by atoms with Gasteiger partial charge in [0.05, 0.1) is 0 Å². The summed E-state index contributed by atoms with van der Waals surface area (Å²) < 4.78 is 22.9. The molecular weight excluding hydrogens is 877 g/mol. The molecule has 17 heteroatoms. The maximum atomic E-state index is 14.8. The average molecular weight is 951 g/mol. The molecule has 0 saturated carbocycles. The van der Waals surface area contributed by atoms with Gasteiger partial charge in [-0.15, -0.1) is 0 Å². The van der Waals surface area contributed by atoms with Gasteiger partial charge in [-0.25, -0.2) is 19.2 Å². The molecule has 0 aliphatic carbocycles. The van der Waals surface area contributed by atoms with Crippen molar-refractivity contribution in [2.45, 2.75) is 167 Å². The van der Waals surface area contributed by atoms with Crippen LogP contribution in [0, 0.1) is 5.92 Å². The van der Waals surface area contributed by atoms with Crippen LogP contribution in [0.25, 0.3) is 0 Å². The van der Waals surface area contributed by atoms with Gasteiger partial charge in [-0.3, -0.25) is 19.2 Å². The first-order valence-corrected chi connectivity index (χ1v) is 24.0. The fourth-order valence-corrected chi connectivity index (χ4v) is 8.02. The van der Waals surface area contributed by atoms with Crippen LogP contribution in [0.4, 0.5) is 0 Å². The van der Waals surface area contributed by atoms with Crippen LogP contribution in [0.2, 0.25) is 0 Å². The number of benzene rings is 2. The maximum absolute atomic E-state index is 14.8. The number of esters is 4. The number of carbonyl (C=O) groups is 8. The SMILES string of the molecule is CCCC[C@H](NC)C(=O)O[C@H](C)C(=O)N(C)[C@@H](CCCC)C(=O)O[C@H](Cc1ccccc1)C(=O)N(C)[C@@H](CC(C)C)C(=O)O[C@H](Cc1ccccc1)C(=O)N1CCCC[C@H]1C(=O)O[C@H](C)C(=O)O. The van der Waals surface area contributed by atoms with Crippen molar-refractivity contribution in [2.75, 3.05) is 27.7 Å². The Hall–Kier alpha value is -5.84. The number of nitrogens with zero attached hydrogens (tertiary/aromatic N) is 3. The third-order valence-electron chi connectivity index (χ3n) is 12.1. The summed E-state index contributed by atoms with van der Waals surface area (Å²) >= 11 is 0. The molecule has 0 bridgehead atoms. The predicted octanol–water partition coefficient (Wildman–Crippen LogP) is 5.29. The van der Waals surface area contributed by atoms with Crippen LogP contribution >= 0.6 is 0 Å². The molecule has 2 N–H and O–H groups in total. The third-order valence-corrected chi connectivity index (χ3v) is 12.1. The van der Waals surface area contributed by atoms with E-state index in [4.69, 9.17) is 18.9 Å². The first kappa shape index (κ1) is 56.5. The second-order valence-corrected chi connectivity index (χ2v) is 18.0. The molecule has 0 spiro atoms. The normalized spacial score (nSPS) is 16.7. The molecule has 376 valence electrons. The molecule has 2 aromatic rings. The number of carbonyl (C=O) groups excluding carboxylic acids is 7. The Kier molecular flexibility index (Phi) is 23.7. The molecule has 0 aromatic heterocycles. The van der Waals surface area contributed by atoms with Crippen molar-refractivity contribution >= 4 is 47.6 Å². The molecule has 0 unspecified atom stereocenters. The Balaban J connectivity index is 1.97. The highest BCUT2D eigenvalue weighted by Crippen LogP contribution is 2.25. The lowest BCUT2D eigenvalue weighted by atomic mass is 9.99. The van der Waals surface area contributed by atoms with Crippen molar-refractivity contribution in [2.24, 2.45) is 5.92 Å². The predicted molar refractivity (Wildman–Crippen MR) is 253 cm³/mol. The number of amides is 3. The molecule has 0 radical (unpaired) electrons. The van der Waals surface area contributed by atoms with Gasteiger partial charge in [-0.2, -0.15) is 0 Å². The number of likely N-dealkylation sites (N-methyl/N-ethyl adjacent to an activating group) is 3. The zero-order chi connectivity index (χ0) is 50.5. The standard InChI is InChI=1S/C51H74N4O13/c1-10-12-26-38(52-7)48(61)65-34(5)44(56)53(8)39(27-13-11-2)49(62)67-42(31-36-22-16-14-17-23-36)45(57)54(9)41(30-33(3)4)51(64)68-43(32-37-24-18-15-19-25-37)46(58)55-29-21-20-28-40(55)50(63)66-35(6)47(59)60/h14-19,22-25,33-35,38-43,52H,10-13,20-21,26-32H2,1-9H3,(H,59,60)/t34-,35-,38+,39+,40+,41+,42-,43-/m1/s1. The maximum Gasteiger partial charge on any atom is 0.344 e. The number of nitrogens with one attached hydrogen (secondary N) is 1. The van der Waals surface area contributed by atoms with Gasteiger partial charge in [-0.1, -0.05) is 114 Å². The number of piperidine rings is 1. The topological polar surface area (TPSA) is 215 Å². The van der Waals surface area contributed by atoms with E-state index in [0.717, 1.165) is 17.7 Å². The summed E-state index contributed by atoms with van der Waals surface area (Å²) in [6.07, 6.45) is -0.832. The molecule has 1 heterocycles. The summed E-state index contributed by atoms with van der Waals surface area (Å²) in [7, 11) is 4.46. The van der Waals surface area contributed by atoms with E-state index in [1.165, 1.54) is 37.7 Å². The summed E-state index contributed by atoms with van der Waals surface area (Å²) in [5, 5.41) is 12.3. The van der Waals surface area contributed by atoms with Gasteiger partial charge < -0.3 is 44.1 Å². The van der Waals surface area contributed by atoms with Gasteiger partial charge in [-0.05, 0) is 76.5 Å². The minimum atomic E-state index is -1.48. The first-order chi connectivity index (χ1) is 32.3. The molecule has 2 aromatic carbocycles. The lowest BCUT2D eigenvalue weighted by Crippen LogP contribution is -2.55. The van der Waals surface area contributed by atoms with Crippen LogP contribution in [0.15, 0.2) is 60.7 Å². The van der Waals surface area contributed by atoms with Crippen LogP contribution in [0.3, 0.4) is 0 Å². The highest BCUT2D eigenvalue weighted by Gasteiger charge is 2.42. The highest BCUT2D eigenvalue weighted by molar-refractivity contribution is 5.93. The van der Waals surface area contributed by atoms with Gasteiger partial charge in [0.1, 0.15) is 24.2 Å². The lowest BCUT2D eigenvalue weighted by Gasteiger charge is -2.37. The van der Waals surface area contributed by atoms with Gasteiger partial charge in [0.2, 0.25) is 0 Å². The van der Waals surface area contributed by atoms with E-state index in [1.54, 1.807) is 67.7 Å². The zero-order valence-corrected chi connectivity index (χ0v) is 41.3. The van der Waals surface area contributed by atoms with E-state index < -0.39 is 96.2 Å². The molecule has 1 aliphatic rings. The van der Waals surface area contributed by atoms with E-state index in [0.29, 0.717) is 43.2 Å². The molecule has 3 amide bonds. The summed E-state index contributed by atoms with van der Waals surface area (Å²) in [5.41, 5.74) is 1.30. The van der Waals surface area contributed by atoms with Crippen molar-refractivity contribution in [1.82, 2.24) is 20.0 Å². The van der Waals surface area contributed by atoms with Crippen molar-refractivity contribution in [3.8, 4) is 0 Å². The largest absolute Gasteiger partial charge is 0.479 e. The third kappa shape index (κ3) is 17.0. The van der Waals surface area contributed by atoms with Gasteiger partial charge in [0.25, 0.3) is 17.7 Å². The van der Waals surface area contributed by atoms with E-state index in [9.17, 15) is 43.5 Å². The molecule has 68 heavy (non-hydrogen) atoms. The van der Waals surface area contributed by atoms with Gasteiger partial charge >= 0.3 is 29.8 Å². The molecule has 17 nitrogen and oxygen atoms in total. The molecule has 1 fully saturated rings. The number of ether oxygens (including phenoxy) is 4. The summed E-state index contributed by atoms with van der Waals surface area (Å²) in [4.78, 5) is 113. The number of likely N-dealkylation sites (tertiary alicyclic amines) is 1. The fourth-order valence-electron chi connectivity index (χ4n) is 8.02. The van der Waals surface area contributed by atoms with Crippen molar-refractivity contribution in [3.05, 3.63) is 71.8 Å². The van der Waals surface area contributed by atoms with E-state index >= 15 is 0 Å². The fraction of sp³-hybridized carbons (Fsp3) is 0.608. The molecule has 1 saturated heterocycles. The number of carboxylic acids is 1. The van der Waals surface area contributed by atoms with E-state index in [1.807, 2.05) is 27.7 Å². The number of carboxylic acid groups (broad SMARTS) is 1. The molecule has 8 atom stereocenters. The first-order valence-electron chi connectivity index (χ1n) is 24.0. The Morgan fingerprint density at radius 1 is 0.676 bits per heavy atom. The summed E-state index contributed by atoms with van der Waals surface area (Å²) in [6, 6.07) is 13.5. The lowest BCUT2D eigenvalue weighted by molar-refractivity contribution is -0.176. The number of unbranched alkanes of at least 4 members (excludes halogenated alkanes) is 2. The number of rotatable bonds is 27. The minimum absolute atomic E-state index is 0.0757. The number of hydrogen-bond donors (Lipinski definition) is 2. The Bertz CT molecular complexity index is 1960. The number of aliphatic carboxylic acids is 1. The Morgan fingerprint density at radius 2 is 1.21 bits per heavy atom. The van der Waals surface area contributed by atoms with Crippen LogP contribution < -0.4 is 5.32 Å². The monoisotopic (exact) mass is 951 g/mol. The van der Waals surface area contributed by atoms with Crippen LogP contribution in [-0.4, -0.2) is 144 Å². The van der Waals surface area contributed by atoms with Crippen LogP contribution in [0.1, 0.15) is 117 Å². The van der Waals surface area contributed by atoms with Crippen LogP contribution in [-0.2, 0) is 70.1 Å². The van der Waals surface area contributed by atoms with Crippen molar-refractivity contribution in [3.63, 3.8) is 0 Å². The molecule has 3 rings (SSSR count).